The smallest absolute Gasteiger partial charge is 0.268 e. The summed E-state index contributed by atoms with van der Waals surface area (Å²) in [7, 11) is 0. The third kappa shape index (κ3) is 3.77. The maximum absolute atomic E-state index is 14.0. The van der Waals surface area contributed by atoms with Crippen molar-refractivity contribution >= 4 is 39.3 Å². The molecule has 6 rings (SSSR count). The number of nitrogens with zero attached hydrogens (tertiary/aromatic N) is 4. The SMILES string of the molecule is CC.Cc1cc(C)c(N2C(=O)c3cccc(-n4c5cc(C#N)ccc5c5ccc(C#N)cc54)c3C2=O)c(C)c1. The van der Waals surface area contributed by atoms with Crippen molar-refractivity contribution in [1.29, 1.82) is 10.5 Å². The largest absolute Gasteiger partial charge is 0.308 e. The van der Waals surface area contributed by atoms with Crippen molar-refractivity contribution < 1.29 is 9.59 Å². The lowest BCUT2D eigenvalue weighted by Crippen LogP contribution is -2.31. The summed E-state index contributed by atoms with van der Waals surface area (Å²) in [5, 5.41) is 20.9. The molecule has 0 spiro atoms. The second kappa shape index (κ2) is 9.59. The Bertz CT molecular complexity index is 1840. The third-order valence-electron chi connectivity index (χ3n) is 7.02. The van der Waals surface area contributed by atoms with Gasteiger partial charge in [-0.25, -0.2) is 4.90 Å². The summed E-state index contributed by atoms with van der Waals surface area (Å²) in [4.78, 5) is 28.9. The summed E-state index contributed by atoms with van der Waals surface area (Å²) in [6.45, 7) is 9.79. The maximum Gasteiger partial charge on any atom is 0.268 e. The highest BCUT2D eigenvalue weighted by Gasteiger charge is 2.40. The minimum atomic E-state index is -0.395. The molecule has 6 nitrogen and oxygen atoms in total. The predicted molar refractivity (Wildman–Crippen MR) is 153 cm³/mol. The number of carbonyl (C=O) groups is 2. The van der Waals surface area contributed by atoms with E-state index in [4.69, 9.17) is 0 Å². The van der Waals surface area contributed by atoms with Gasteiger partial charge >= 0.3 is 0 Å². The first kappa shape index (κ1) is 25.4. The molecule has 39 heavy (non-hydrogen) atoms. The van der Waals surface area contributed by atoms with Crippen LogP contribution in [0.3, 0.4) is 0 Å². The molecule has 5 aromatic rings. The maximum atomic E-state index is 14.0. The molecule has 0 unspecified atom stereocenters. The normalized spacial score (nSPS) is 12.2. The van der Waals surface area contributed by atoms with Gasteiger partial charge in [0, 0.05) is 10.8 Å². The van der Waals surface area contributed by atoms with E-state index in [0.29, 0.717) is 33.6 Å². The number of nitriles is 2. The Morgan fingerprint density at radius 1 is 0.692 bits per heavy atom. The van der Waals surface area contributed by atoms with Crippen LogP contribution in [0.15, 0.2) is 66.7 Å². The summed E-state index contributed by atoms with van der Waals surface area (Å²) in [6, 6.07) is 24.3. The van der Waals surface area contributed by atoms with Gasteiger partial charge in [-0.1, -0.05) is 49.7 Å². The Balaban J connectivity index is 0.00000151. The summed E-state index contributed by atoms with van der Waals surface area (Å²) in [5.41, 5.74) is 6.90. The van der Waals surface area contributed by atoms with Crippen molar-refractivity contribution in [2.75, 3.05) is 4.90 Å². The van der Waals surface area contributed by atoms with Crippen LogP contribution in [-0.2, 0) is 0 Å². The number of rotatable bonds is 2. The Morgan fingerprint density at radius 2 is 1.23 bits per heavy atom. The number of amides is 2. The van der Waals surface area contributed by atoms with Gasteiger partial charge < -0.3 is 4.57 Å². The highest BCUT2D eigenvalue weighted by atomic mass is 16.2. The quantitative estimate of drug-likeness (QED) is 0.233. The van der Waals surface area contributed by atoms with Crippen LogP contribution in [0.4, 0.5) is 5.69 Å². The fraction of sp³-hybridized carbons (Fsp3) is 0.152. The number of aryl methyl sites for hydroxylation is 3. The van der Waals surface area contributed by atoms with E-state index in [1.807, 2.05) is 63.5 Å². The molecule has 0 saturated carbocycles. The second-order valence-corrected chi connectivity index (χ2v) is 9.42. The monoisotopic (exact) mass is 510 g/mol. The van der Waals surface area contributed by atoms with Gasteiger partial charge in [-0.15, -0.1) is 0 Å². The first-order valence-electron chi connectivity index (χ1n) is 12.8. The minimum absolute atomic E-state index is 0.301. The van der Waals surface area contributed by atoms with E-state index >= 15 is 0 Å². The molecule has 1 aromatic heterocycles. The molecule has 0 radical (unpaired) electrons. The Labute approximate surface area is 226 Å². The molecule has 2 amide bonds. The van der Waals surface area contributed by atoms with Crippen molar-refractivity contribution in [2.45, 2.75) is 34.6 Å². The molecule has 0 atom stereocenters. The standard InChI is InChI=1S/C31H20N4O2.C2H6/c1-17-11-18(2)29(19(3)12-17)35-30(36)24-5-4-6-25(28(24)31(35)37)34-26-13-20(15-32)7-9-22(26)23-10-8-21(16-33)14-27(23)34;1-2/h4-14H,1-3H3;1-2H3. The minimum Gasteiger partial charge on any atom is -0.308 e. The highest BCUT2D eigenvalue weighted by molar-refractivity contribution is 6.36. The van der Waals surface area contributed by atoms with E-state index in [-0.39, 0.29) is 5.91 Å². The van der Waals surface area contributed by atoms with Gasteiger partial charge in [0.25, 0.3) is 11.8 Å². The molecule has 190 valence electrons. The van der Waals surface area contributed by atoms with Gasteiger partial charge in [0.2, 0.25) is 0 Å². The topological polar surface area (TPSA) is 89.9 Å². The van der Waals surface area contributed by atoms with Gasteiger partial charge in [0.1, 0.15) is 0 Å². The van der Waals surface area contributed by atoms with Crippen molar-refractivity contribution in [2.24, 2.45) is 0 Å². The van der Waals surface area contributed by atoms with Crippen LogP contribution in [0, 0.1) is 43.4 Å². The molecule has 1 aliphatic rings. The summed E-state index contributed by atoms with van der Waals surface area (Å²) in [6.07, 6.45) is 0. The molecule has 0 fully saturated rings. The molecule has 0 N–H and O–H groups in total. The number of benzene rings is 4. The number of aromatic nitrogens is 1. The number of fused-ring (bicyclic) bond motifs is 4. The zero-order valence-electron chi connectivity index (χ0n) is 22.5. The van der Waals surface area contributed by atoms with Gasteiger partial charge in [0.15, 0.2) is 0 Å². The molecular formula is C33H26N4O2. The lowest BCUT2D eigenvalue weighted by molar-refractivity contribution is 0.0925. The average molecular weight is 511 g/mol. The molecule has 0 saturated heterocycles. The lowest BCUT2D eigenvalue weighted by atomic mass is 10.0. The fourth-order valence-corrected chi connectivity index (χ4v) is 5.60. The number of imide groups is 1. The number of carbonyl (C=O) groups excluding carboxylic acids is 2. The lowest BCUT2D eigenvalue weighted by Gasteiger charge is -2.20. The zero-order valence-corrected chi connectivity index (χ0v) is 22.5. The van der Waals surface area contributed by atoms with Crippen molar-refractivity contribution in [3.63, 3.8) is 0 Å². The fourth-order valence-electron chi connectivity index (χ4n) is 5.60. The Morgan fingerprint density at radius 3 is 1.74 bits per heavy atom. The van der Waals surface area contributed by atoms with Gasteiger partial charge in [0.05, 0.1) is 56.8 Å². The zero-order chi connectivity index (χ0) is 28.0. The van der Waals surface area contributed by atoms with Crippen molar-refractivity contribution in [3.05, 3.63) is 106 Å². The van der Waals surface area contributed by atoms with Gasteiger partial charge in [-0.3, -0.25) is 9.59 Å². The Kier molecular flexibility index (Phi) is 6.26. The predicted octanol–water partition coefficient (Wildman–Crippen LogP) is 7.28. The van der Waals surface area contributed by atoms with Gasteiger partial charge in [-0.05, 0) is 68.3 Å². The average Bonchev–Trinajstić information content (AvgIpc) is 3.39. The van der Waals surface area contributed by atoms with E-state index < -0.39 is 5.91 Å². The summed E-state index contributed by atoms with van der Waals surface area (Å²) in [5.74, 6) is -0.762. The molecule has 4 aromatic carbocycles. The first-order valence-corrected chi connectivity index (χ1v) is 12.8. The van der Waals surface area contributed by atoms with E-state index in [1.165, 1.54) is 4.90 Å². The van der Waals surface area contributed by atoms with Crippen LogP contribution in [0.25, 0.3) is 27.5 Å². The van der Waals surface area contributed by atoms with Crippen molar-refractivity contribution in [3.8, 4) is 17.8 Å². The van der Waals surface area contributed by atoms with E-state index in [2.05, 4.69) is 12.1 Å². The van der Waals surface area contributed by atoms with Crippen LogP contribution in [0.1, 0.15) is 62.4 Å². The van der Waals surface area contributed by atoms with Crippen molar-refractivity contribution in [1.82, 2.24) is 4.57 Å². The van der Waals surface area contributed by atoms with E-state index in [1.54, 1.807) is 42.5 Å². The molecule has 0 bridgehead atoms. The molecule has 2 heterocycles. The van der Waals surface area contributed by atoms with Crippen LogP contribution in [0.5, 0.6) is 0 Å². The summed E-state index contributed by atoms with van der Waals surface area (Å²) < 4.78 is 1.88. The number of hydrogen-bond acceptors (Lipinski definition) is 4. The van der Waals surface area contributed by atoms with Crippen LogP contribution in [-0.4, -0.2) is 16.4 Å². The molecule has 1 aliphatic heterocycles. The number of hydrogen-bond donors (Lipinski definition) is 0. The Hall–Kier alpha value is -5.20. The molecule has 6 heteroatoms. The number of anilines is 1. The van der Waals surface area contributed by atoms with Gasteiger partial charge in [-0.2, -0.15) is 10.5 Å². The second-order valence-electron chi connectivity index (χ2n) is 9.42. The molecular weight excluding hydrogens is 484 g/mol. The van der Waals surface area contributed by atoms with E-state index in [0.717, 1.165) is 38.5 Å². The van der Waals surface area contributed by atoms with Crippen LogP contribution in [0.2, 0.25) is 0 Å². The highest BCUT2D eigenvalue weighted by Crippen LogP contribution is 2.39. The molecule has 0 aliphatic carbocycles. The van der Waals surface area contributed by atoms with Crippen LogP contribution >= 0.6 is 0 Å². The van der Waals surface area contributed by atoms with E-state index in [9.17, 15) is 20.1 Å². The first-order chi connectivity index (χ1) is 18.8. The van der Waals surface area contributed by atoms with Crippen LogP contribution < -0.4 is 4.90 Å². The third-order valence-corrected chi connectivity index (χ3v) is 7.02. The summed E-state index contributed by atoms with van der Waals surface area (Å²) >= 11 is 0.